The Labute approximate surface area is 131 Å². The van der Waals surface area contributed by atoms with Crippen molar-refractivity contribution in [1.29, 1.82) is 0 Å². The molecule has 0 saturated carbocycles. The average Bonchev–Trinajstić information content (AvgIpc) is 2.44. The quantitative estimate of drug-likeness (QED) is 0.794. The number of benzene rings is 1. The normalized spacial score (nSPS) is 12.1. The molecule has 0 radical (unpaired) electrons. The predicted octanol–water partition coefficient (Wildman–Crippen LogP) is 3.01. The average molecular weight is 337 g/mol. The van der Waals surface area contributed by atoms with E-state index in [1.54, 1.807) is 0 Å². The lowest BCUT2D eigenvalue weighted by molar-refractivity contribution is 0.452. The third kappa shape index (κ3) is 4.64. The van der Waals surface area contributed by atoms with Crippen LogP contribution in [-0.4, -0.2) is 32.9 Å². The second-order valence-electron chi connectivity index (χ2n) is 4.84. The molecule has 0 bridgehead atoms. The van der Waals surface area contributed by atoms with Gasteiger partial charge in [-0.1, -0.05) is 31.9 Å². The Morgan fingerprint density at radius 3 is 2.57 bits per heavy atom. The van der Waals surface area contributed by atoms with Crippen molar-refractivity contribution in [2.75, 3.05) is 20.1 Å². The first kappa shape index (κ1) is 18.4. The maximum atomic E-state index is 14.4. The lowest BCUT2D eigenvalue weighted by Gasteiger charge is -2.18. The van der Waals surface area contributed by atoms with Gasteiger partial charge in [-0.3, -0.25) is 0 Å². The van der Waals surface area contributed by atoms with Gasteiger partial charge in [-0.25, -0.2) is 17.1 Å². The Kier molecular flexibility index (Phi) is 7.06. The van der Waals surface area contributed by atoms with Gasteiger partial charge in [0.05, 0.1) is 0 Å². The molecule has 7 heteroatoms. The summed E-state index contributed by atoms with van der Waals surface area (Å²) in [6.45, 7) is 5.11. The molecule has 0 amide bonds. The standard InChI is InChI=1S/C14H22ClFN2O2S/c1-4-6-7-18(3)21(19,20)13-9-12(15)8-11(14(13)16)10-17-5-2/h8-9,17H,4-7,10H2,1-3H3. The largest absolute Gasteiger partial charge is 0.313 e. The fraction of sp³-hybridized carbons (Fsp3) is 0.571. The fourth-order valence-electron chi connectivity index (χ4n) is 1.86. The lowest BCUT2D eigenvalue weighted by atomic mass is 10.2. The minimum Gasteiger partial charge on any atom is -0.313 e. The Hall–Kier alpha value is -0.690. The van der Waals surface area contributed by atoms with E-state index in [1.807, 2.05) is 13.8 Å². The van der Waals surface area contributed by atoms with E-state index >= 15 is 0 Å². The van der Waals surface area contributed by atoms with Gasteiger partial charge in [-0.05, 0) is 25.1 Å². The highest BCUT2D eigenvalue weighted by Gasteiger charge is 2.26. The topological polar surface area (TPSA) is 49.4 Å². The van der Waals surface area contributed by atoms with Crippen molar-refractivity contribution >= 4 is 21.6 Å². The summed E-state index contributed by atoms with van der Waals surface area (Å²) in [5.74, 6) is -0.733. The summed E-state index contributed by atoms with van der Waals surface area (Å²) >= 11 is 5.94. The summed E-state index contributed by atoms with van der Waals surface area (Å²) < 4.78 is 40.5. The van der Waals surface area contributed by atoms with E-state index in [-0.39, 0.29) is 22.0 Å². The van der Waals surface area contributed by atoms with Gasteiger partial charge in [0.25, 0.3) is 0 Å². The fourth-order valence-corrected chi connectivity index (χ4v) is 3.51. The summed E-state index contributed by atoms with van der Waals surface area (Å²) in [7, 11) is -2.41. The van der Waals surface area contributed by atoms with Gasteiger partial charge in [-0.15, -0.1) is 0 Å². The third-order valence-electron chi connectivity index (χ3n) is 3.16. The zero-order valence-corrected chi connectivity index (χ0v) is 14.2. The summed E-state index contributed by atoms with van der Waals surface area (Å²) in [4.78, 5) is -0.360. The van der Waals surface area contributed by atoms with E-state index < -0.39 is 15.8 Å². The zero-order valence-electron chi connectivity index (χ0n) is 12.6. The number of halogens is 2. The number of nitrogens with zero attached hydrogens (tertiary/aromatic N) is 1. The molecular weight excluding hydrogens is 315 g/mol. The van der Waals surface area contributed by atoms with Crippen molar-refractivity contribution in [2.45, 2.75) is 38.1 Å². The monoisotopic (exact) mass is 336 g/mol. The first-order valence-corrected chi connectivity index (χ1v) is 8.81. The van der Waals surface area contributed by atoms with Crippen LogP contribution in [0.2, 0.25) is 5.02 Å². The van der Waals surface area contributed by atoms with E-state index in [2.05, 4.69) is 5.32 Å². The van der Waals surface area contributed by atoms with Crippen molar-refractivity contribution in [2.24, 2.45) is 0 Å². The Balaban J connectivity index is 3.19. The van der Waals surface area contributed by atoms with Crippen LogP contribution in [0.5, 0.6) is 0 Å². The SMILES string of the molecule is CCCCN(C)S(=O)(=O)c1cc(Cl)cc(CNCC)c1F. The molecule has 0 unspecified atom stereocenters. The smallest absolute Gasteiger partial charge is 0.245 e. The summed E-state index contributed by atoms with van der Waals surface area (Å²) in [5.41, 5.74) is 0.256. The molecule has 1 aromatic carbocycles. The summed E-state index contributed by atoms with van der Waals surface area (Å²) in [6, 6.07) is 2.62. The number of sulfonamides is 1. The molecule has 120 valence electrons. The van der Waals surface area contributed by atoms with Crippen molar-refractivity contribution < 1.29 is 12.8 Å². The highest BCUT2D eigenvalue weighted by Crippen LogP contribution is 2.26. The van der Waals surface area contributed by atoms with Crippen molar-refractivity contribution in [3.8, 4) is 0 Å². The third-order valence-corrected chi connectivity index (χ3v) is 5.23. The van der Waals surface area contributed by atoms with Crippen LogP contribution in [0.25, 0.3) is 0 Å². The van der Waals surface area contributed by atoms with Crippen molar-refractivity contribution in [3.63, 3.8) is 0 Å². The molecule has 0 aromatic heterocycles. The molecule has 4 nitrogen and oxygen atoms in total. The van der Waals surface area contributed by atoms with Crippen LogP contribution in [0.15, 0.2) is 17.0 Å². The van der Waals surface area contributed by atoms with E-state index in [0.717, 1.165) is 12.8 Å². The van der Waals surface area contributed by atoms with Crippen LogP contribution in [-0.2, 0) is 16.6 Å². The first-order chi connectivity index (χ1) is 9.84. The van der Waals surface area contributed by atoms with Gasteiger partial charge in [-0.2, -0.15) is 0 Å². The van der Waals surface area contributed by atoms with Crippen molar-refractivity contribution in [1.82, 2.24) is 9.62 Å². The van der Waals surface area contributed by atoms with Gasteiger partial charge in [0.15, 0.2) is 0 Å². The molecule has 0 aliphatic carbocycles. The molecule has 0 heterocycles. The van der Waals surface area contributed by atoms with Gasteiger partial charge in [0, 0.05) is 30.7 Å². The number of nitrogens with one attached hydrogen (secondary N) is 1. The molecule has 0 fully saturated rings. The molecule has 1 rings (SSSR count). The molecule has 0 aliphatic heterocycles. The van der Waals surface area contributed by atoms with Gasteiger partial charge in [0.1, 0.15) is 10.7 Å². The Morgan fingerprint density at radius 2 is 2.00 bits per heavy atom. The lowest BCUT2D eigenvalue weighted by Crippen LogP contribution is -2.29. The van der Waals surface area contributed by atoms with Gasteiger partial charge >= 0.3 is 0 Å². The molecular formula is C14H22ClFN2O2S. The highest BCUT2D eigenvalue weighted by atomic mass is 35.5. The van der Waals surface area contributed by atoms with E-state index in [4.69, 9.17) is 11.6 Å². The zero-order chi connectivity index (χ0) is 16.0. The summed E-state index contributed by atoms with van der Waals surface area (Å²) in [6.07, 6.45) is 1.59. The maximum Gasteiger partial charge on any atom is 0.245 e. The molecule has 21 heavy (non-hydrogen) atoms. The van der Waals surface area contributed by atoms with E-state index in [9.17, 15) is 12.8 Å². The maximum absolute atomic E-state index is 14.4. The molecule has 1 aromatic rings. The van der Waals surface area contributed by atoms with Crippen molar-refractivity contribution in [3.05, 3.63) is 28.5 Å². The molecule has 0 spiro atoms. The minimum absolute atomic E-state index is 0.215. The highest BCUT2D eigenvalue weighted by molar-refractivity contribution is 7.89. The molecule has 0 saturated heterocycles. The number of rotatable bonds is 8. The van der Waals surface area contributed by atoms with Crippen LogP contribution in [0.1, 0.15) is 32.3 Å². The Morgan fingerprint density at radius 1 is 1.33 bits per heavy atom. The number of hydrogen-bond donors (Lipinski definition) is 1. The van der Waals surface area contributed by atoms with Crippen LogP contribution >= 0.6 is 11.6 Å². The van der Waals surface area contributed by atoms with Crippen LogP contribution in [0.4, 0.5) is 4.39 Å². The number of hydrogen-bond acceptors (Lipinski definition) is 3. The van der Waals surface area contributed by atoms with E-state index in [1.165, 1.54) is 23.5 Å². The van der Waals surface area contributed by atoms with Crippen LogP contribution in [0, 0.1) is 5.82 Å². The van der Waals surface area contributed by atoms with Crippen LogP contribution in [0.3, 0.4) is 0 Å². The molecule has 0 aliphatic rings. The number of unbranched alkanes of at least 4 members (excludes halogenated alkanes) is 1. The van der Waals surface area contributed by atoms with Crippen LogP contribution < -0.4 is 5.32 Å². The van der Waals surface area contributed by atoms with Gasteiger partial charge < -0.3 is 5.32 Å². The second-order valence-corrected chi connectivity index (χ2v) is 7.29. The minimum atomic E-state index is -3.87. The Bertz CT molecular complexity index is 579. The second kappa shape index (κ2) is 8.08. The van der Waals surface area contributed by atoms with E-state index in [0.29, 0.717) is 13.1 Å². The van der Waals surface area contributed by atoms with Gasteiger partial charge in [0.2, 0.25) is 10.0 Å². The predicted molar refractivity (Wildman–Crippen MR) is 83.5 cm³/mol. The first-order valence-electron chi connectivity index (χ1n) is 6.99. The molecule has 1 N–H and O–H groups in total. The molecule has 0 atom stereocenters. The summed E-state index contributed by atoms with van der Waals surface area (Å²) in [5, 5.41) is 3.18.